The highest BCUT2D eigenvalue weighted by atomic mass is 35.5. The van der Waals surface area contributed by atoms with Crippen LogP contribution >= 0.6 is 23.4 Å². The van der Waals surface area contributed by atoms with Crippen molar-refractivity contribution in [3.8, 4) is 11.4 Å². The number of carbonyl (C=O) groups is 1. The molecule has 3 aromatic rings. The number of Topliss-reactive ketones (excluding diaryl/α,β-unsaturated/α-hetero) is 1. The van der Waals surface area contributed by atoms with Gasteiger partial charge in [-0.3, -0.25) is 4.79 Å². The van der Waals surface area contributed by atoms with Gasteiger partial charge in [0, 0.05) is 16.0 Å². The Balaban J connectivity index is 1.67. The topological polar surface area (TPSA) is 56.0 Å². The van der Waals surface area contributed by atoms with Gasteiger partial charge in [0.25, 0.3) is 0 Å². The van der Waals surface area contributed by atoms with Gasteiger partial charge in [0.15, 0.2) is 5.78 Å². The van der Waals surface area contributed by atoms with Crippen LogP contribution in [0.1, 0.15) is 16.2 Å². The normalized spacial score (nSPS) is 11.5. The Bertz CT molecular complexity index is 864. The van der Waals surface area contributed by atoms with Gasteiger partial charge in [0.2, 0.25) is 5.82 Å². The molecule has 1 heterocycles. The molecule has 0 unspecified atom stereocenters. The molecule has 2 aromatic carbocycles. The molecule has 1 aromatic heterocycles. The van der Waals surface area contributed by atoms with Crippen LogP contribution in [0.3, 0.4) is 0 Å². The third-order valence-electron chi connectivity index (χ3n) is 3.25. The Hall–Kier alpha value is -2.25. The summed E-state index contributed by atoms with van der Waals surface area (Å²) in [7, 11) is 0. The van der Waals surface area contributed by atoms with Crippen molar-refractivity contribution in [2.45, 2.75) is 10.3 Å². The molecule has 0 spiro atoms. The monoisotopic (exact) mass is 380 g/mol. The molecule has 0 atom stereocenters. The highest BCUT2D eigenvalue weighted by molar-refractivity contribution is 8.00. The molecule has 4 nitrogen and oxygen atoms in total. The molecule has 0 saturated heterocycles. The van der Waals surface area contributed by atoms with Crippen molar-refractivity contribution >= 4 is 29.1 Å². The quantitative estimate of drug-likeness (QED) is 0.342. The molecular weight excluding hydrogens is 370 g/mol. The van der Waals surface area contributed by atoms with Gasteiger partial charge in [-0.15, -0.1) is 11.8 Å². The molecule has 0 aliphatic carbocycles. The first-order valence-electron chi connectivity index (χ1n) is 7.16. The molecule has 0 aliphatic heterocycles. The van der Waals surface area contributed by atoms with Crippen molar-refractivity contribution in [3.05, 3.63) is 66.1 Å². The van der Waals surface area contributed by atoms with E-state index in [9.17, 15) is 13.6 Å². The van der Waals surface area contributed by atoms with E-state index >= 15 is 0 Å². The zero-order chi connectivity index (χ0) is 17.9. The lowest BCUT2D eigenvalue weighted by Gasteiger charge is -2.02. The average molecular weight is 381 g/mol. The largest absolute Gasteiger partial charge is 0.400 e. The summed E-state index contributed by atoms with van der Waals surface area (Å²) in [6.07, 6.45) is 0. The Morgan fingerprint density at radius 3 is 2.40 bits per heavy atom. The number of halogens is 3. The lowest BCUT2D eigenvalue weighted by Crippen LogP contribution is -2.03. The van der Waals surface area contributed by atoms with E-state index in [-0.39, 0.29) is 11.6 Å². The summed E-state index contributed by atoms with van der Waals surface area (Å²) in [6.45, 7) is 0. The van der Waals surface area contributed by atoms with E-state index in [2.05, 4.69) is 14.7 Å². The molecule has 0 saturated carbocycles. The molecule has 8 heteroatoms. The van der Waals surface area contributed by atoms with Crippen molar-refractivity contribution in [2.75, 3.05) is 5.75 Å². The second-order valence-electron chi connectivity index (χ2n) is 5.02. The maximum atomic E-state index is 12.9. The zero-order valence-corrected chi connectivity index (χ0v) is 14.2. The van der Waals surface area contributed by atoms with Crippen molar-refractivity contribution in [1.29, 1.82) is 0 Å². The molecule has 0 N–H and O–H groups in total. The third-order valence-corrected chi connectivity index (χ3v) is 4.42. The Labute approximate surface area is 151 Å². The number of ketones is 1. The van der Waals surface area contributed by atoms with Gasteiger partial charge in [-0.1, -0.05) is 47.6 Å². The number of benzene rings is 2. The van der Waals surface area contributed by atoms with Gasteiger partial charge in [-0.05, 0) is 23.7 Å². The van der Waals surface area contributed by atoms with E-state index in [4.69, 9.17) is 11.6 Å². The van der Waals surface area contributed by atoms with Crippen molar-refractivity contribution in [2.24, 2.45) is 0 Å². The molecule has 3 rings (SSSR count). The van der Waals surface area contributed by atoms with E-state index in [1.54, 1.807) is 24.3 Å². The number of rotatable bonds is 6. The molecule has 0 aliphatic rings. The summed E-state index contributed by atoms with van der Waals surface area (Å²) < 4.78 is 30.2. The van der Waals surface area contributed by atoms with Crippen LogP contribution in [0.2, 0.25) is 0 Å². The lowest BCUT2D eigenvalue weighted by molar-refractivity contribution is 0.0551. The van der Waals surface area contributed by atoms with E-state index in [1.807, 2.05) is 30.3 Å². The Morgan fingerprint density at radius 2 is 1.80 bits per heavy atom. The predicted octanol–water partition coefficient (Wildman–Crippen LogP) is 5.00. The Morgan fingerprint density at radius 1 is 1.12 bits per heavy atom. The van der Waals surface area contributed by atoms with Gasteiger partial charge in [0.1, 0.15) is 0 Å². The van der Waals surface area contributed by atoms with E-state index in [1.165, 1.54) is 11.8 Å². The van der Waals surface area contributed by atoms with Crippen LogP contribution in [-0.2, 0) is 5.38 Å². The summed E-state index contributed by atoms with van der Waals surface area (Å²) in [6, 6.07) is 15.9. The van der Waals surface area contributed by atoms with Crippen molar-refractivity contribution in [1.82, 2.24) is 10.1 Å². The van der Waals surface area contributed by atoms with E-state index < -0.39 is 11.3 Å². The fourth-order valence-corrected chi connectivity index (χ4v) is 2.90. The van der Waals surface area contributed by atoms with Crippen LogP contribution in [0.25, 0.3) is 11.4 Å². The number of hydrogen-bond acceptors (Lipinski definition) is 5. The Kier molecular flexibility index (Phi) is 5.15. The van der Waals surface area contributed by atoms with Crippen LogP contribution in [0.4, 0.5) is 8.78 Å². The summed E-state index contributed by atoms with van der Waals surface area (Å²) >= 11 is 6.28. The second-order valence-corrected chi connectivity index (χ2v) is 6.55. The lowest BCUT2D eigenvalue weighted by atomic mass is 10.1. The number of alkyl halides is 3. The summed E-state index contributed by atoms with van der Waals surface area (Å²) in [4.78, 5) is 16.8. The standard InChI is InChI=1S/C17H11ClF2N2O2S/c18-17(19,20)16-21-15(22-24-16)12-8-6-11(7-9-12)14(23)10-25-13-4-2-1-3-5-13/h1-9H,10H2. The molecule has 0 fully saturated rings. The molecule has 128 valence electrons. The van der Waals surface area contributed by atoms with Gasteiger partial charge in [-0.25, -0.2) is 0 Å². The second kappa shape index (κ2) is 7.33. The first-order valence-corrected chi connectivity index (χ1v) is 8.52. The van der Waals surface area contributed by atoms with Gasteiger partial charge in [-0.2, -0.15) is 13.8 Å². The number of thioether (sulfide) groups is 1. The molecular formula is C17H11ClF2N2O2S. The van der Waals surface area contributed by atoms with Crippen LogP contribution in [0, 0.1) is 0 Å². The molecule has 0 radical (unpaired) electrons. The fourth-order valence-electron chi connectivity index (χ4n) is 2.01. The van der Waals surface area contributed by atoms with Gasteiger partial charge in [0.05, 0.1) is 5.75 Å². The number of nitrogens with zero attached hydrogens (tertiary/aromatic N) is 2. The highest BCUT2D eigenvalue weighted by Gasteiger charge is 2.35. The van der Waals surface area contributed by atoms with Crippen LogP contribution in [0.5, 0.6) is 0 Å². The SMILES string of the molecule is O=C(CSc1ccccc1)c1ccc(-c2noc(C(F)(F)Cl)n2)cc1. The number of carbonyl (C=O) groups excluding carboxylic acids is 1. The predicted molar refractivity (Wildman–Crippen MR) is 91.0 cm³/mol. The zero-order valence-electron chi connectivity index (χ0n) is 12.7. The maximum absolute atomic E-state index is 12.9. The minimum absolute atomic E-state index is 0.0204. The summed E-state index contributed by atoms with van der Waals surface area (Å²) in [5, 5.41) is -0.249. The average Bonchev–Trinajstić information content (AvgIpc) is 3.11. The minimum atomic E-state index is -3.71. The van der Waals surface area contributed by atoms with Crippen molar-refractivity contribution in [3.63, 3.8) is 0 Å². The number of hydrogen-bond donors (Lipinski definition) is 0. The van der Waals surface area contributed by atoms with E-state index in [0.717, 1.165) is 4.90 Å². The maximum Gasteiger partial charge on any atom is 0.400 e. The summed E-state index contributed by atoms with van der Waals surface area (Å²) in [5.41, 5.74) is 0.960. The van der Waals surface area contributed by atoms with E-state index in [0.29, 0.717) is 16.9 Å². The molecule has 0 bridgehead atoms. The first-order chi connectivity index (χ1) is 11.9. The van der Waals surface area contributed by atoms with Gasteiger partial charge < -0.3 is 4.52 Å². The van der Waals surface area contributed by atoms with Crippen LogP contribution in [-0.4, -0.2) is 21.7 Å². The van der Waals surface area contributed by atoms with Gasteiger partial charge >= 0.3 is 11.3 Å². The smallest absolute Gasteiger partial charge is 0.331 e. The van der Waals surface area contributed by atoms with Crippen molar-refractivity contribution < 1.29 is 18.1 Å². The molecule has 0 amide bonds. The highest BCUT2D eigenvalue weighted by Crippen LogP contribution is 2.32. The van der Waals surface area contributed by atoms with Crippen LogP contribution < -0.4 is 0 Å². The molecule has 25 heavy (non-hydrogen) atoms. The summed E-state index contributed by atoms with van der Waals surface area (Å²) in [5.74, 6) is -0.730. The number of aromatic nitrogens is 2. The van der Waals surface area contributed by atoms with Crippen LogP contribution in [0.15, 0.2) is 64.0 Å². The minimum Gasteiger partial charge on any atom is -0.331 e. The first kappa shape index (κ1) is 17.6. The third kappa shape index (κ3) is 4.43. The fraction of sp³-hybridized carbons (Fsp3) is 0.118.